The number of carbonyl (C=O) groups excluding carboxylic acids is 1. The maximum atomic E-state index is 11.7. The SMILES string of the molecule is NNc1ccnc(C(=O)Nc2ccsc2)c1. The molecule has 0 aliphatic heterocycles. The molecule has 4 N–H and O–H groups in total. The van der Waals surface area contributed by atoms with Crippen molar-refractivity contribution in [3.8, 4) is 0 Å². The van der Waals surface area contributed by atoms with Crippen LogP contribution in [0.5, 0.6) is 0 Å². The van der Waals surface area contributed by atoms with Crippen molar-refractivity contribution < 1.29 is 4.79 Å². The lowest BCUT2D eigenvalue weighted by molar-refractivity contribution is 0.102. The summed E-state index contributed by atoms with van der Waals surface area (Å²) in [5.41, 5.74) is 4.19. The molecule has 0 saturated heterocycles. The van der Waals surface area contributed by atoms with Gasteiger partial charge in [-0.25, -0.2) is 0 Å². The average molecular weight is 234 g/mol. The molecule has 0 aromatic carbocycles. The van der Waals surface area contributed by atoms with E-state index < -0.39 is 0 Å². The molecule has 0 aliphatic carbocycles. The van der Waals surface area contributed by atoms with Crippen LogP contribution in [0.4, 0.5) is 11.4 Å². The topological polar surface area (TPSA) is 80.0 Å². The second kappa shape index (κ2) is 4.73. The zero-order chi connectivity index (χ0) is 11.4. The summed E-state index contributed by atoms with van der Waals surface area (Å²) in [6, 6.07) is 5.09. The number of hydrogen-bond donors (Lipinski definition) is 3. The number of pyridine rings is 1. The van der Waals surface area contributed by atoms with E-state index >= 15 is 0 Å². The zero-order valence-electron chi connectivity index (χ0n) is 8.31. The van der Waals surface area contributed by atoms with Crippen molar-refractivity contribution in [3.05, 3.63) is 40.8 Å². The summed E-state index contributed by atoms with van der Waals surface area (Å²) in [6.07, 6.45) is 1.53. The maximum Gasteiger partial charge on any atom is 0.274 e. The molecule has 82 valence electrons. The lowest BCUT2D eigenvalue weighted by atomic mass is 10.3. The van der Waals surface area contributed by atoms with Crippen LogP contribution in [-0.4, -0.2) is 10.9 Å². The van der Waals surface area contributed by atoms with E-state index in [1.165, 1.54) is 17.5 Å². The van der Waals surface area contributed by atoms with Crippen molar-refractivity contribution in [1.29, 1.82) is 0 Å². The van der Waals surface area contributed by atoms with Crippen molar-refractivity contribution in [1.82, 2.24) is 4.98 Å². The Hall–Kier alpha value is -1.92. The van der Waals surface area contributed by atoms with Crippen LogP contribution in [0.15, 0.2) is 35.2 Å². The van der Waals surface area contributed by atoms with E-state index in [-0.39, 0.29) is 5.91 Å². The van der Waals surface area contributed by atoms with E-state index in [9.17, 15) is 4.79 Å². The van der Waals surface area contributed by atoms with Gasteiger partial charge in [-0.05, 0) is 23.6 Å². The van der Waals surface area contributed by atoms with Gasteiger partial charge in [0.1, 0.15) is 5.69 Å². The minimum atomic E-state index is -0.254. The van der Waals surface area contributed by atoms with E-state index in [2.05, 4.69) is 15.7 Å². The number of thiophene rings is 1. The molecule has 2 rings (SSSR count). The third-order valence-corrected chi connectivity index (χ3v) is 2.62. The minimum Gasteiger partial charge on any atom is -0.324 e. The zero-order valence-corrected chi connectivity index (χ0v) is 9.12. The molecule has 0 unspecified atom stereocenters. The first kappa shape index (κ1) is 10.6. The highest BCUT2D eigenvalue weighted by molar-refractivity contribution is 7.08. The number of nitrogens with one attached hydrogen (secondary N) is 2. The van der Waals surface area contributed by atoms with Gasteiger partial charge in [0.05, 0.1) is 11.4 Å². The van der Waals surface area contributed by atoms with Gasteiger partial charge < -0.3 is 10.7 Å². The number of rotatable bonds is 3. The second-order valence-electron chi connectivity index (χ2n) is 3.04. The van der Waals surface area contributed by atoms with Crippen LogP contribution in [0.25, 0.3) is 0 Å². The molecule has 0 spiro atoms. The number of nitrogens with zero attached hydrogens (tertiary/aromatic N) is 1. The summed E-state index contributed by atoms with van der Waals surface area (Å²) >= 11 is 1.52. The molecule has 0 aliphatic rings. The summed E-state index contributed by atoms with van der Waals surface area (Å²) in [4.78, 5) is 15.7. The lowest BCUT2D eigenvalue weighted by Gasteiger charge is -2.04. The highest BCUT2D eigenvalue weighted by Crippen LogP contribution is 2.13. The Kier molecular flexibility index (Phi) is 3.13. The van der Waals surface area contributed by atoms with E-state index in [1.54, 1.807) is 12.1 Å². The number of carbonyl (C=O) groups is 1. The number of hydrogen-bond acceptors (Lipinski definition) is 5. The van der Waals surface area contributed by atoms with E-state index in [0.717, 1.165) is 5.69 Å². The Bertz CT molecular complexity index is 483. The highest BCUT2D eigenvalue weighted by Gasteiger charge is 2.08. The van der Waals surface area contributed by atoms with Gasteiger partial charge in [0.2, 0.25) is 0 Å². The van der Waals surface area contributed by atoms with Crippen LogP contribution in [0.1, 0.15) is 10.5 Å². The third kappa shape index (κ3) is 2.36. The first-order chi connectivity index (χ1) is 7.79. The van der Waals surface area contributed by atoms with Gasteiger partial charge in [0.25, 0.3) is 5.91 Å². The quantitative estimate of drug-likeness (QED) is 0.557. The summed E-state index contributed by atoms with van der Waals surface area (Å²) in [5, 5.41) is 6.47. The molecule has 0 atom stereocenters. The molecule has 2 aromatic rings. The minimum absolute atomic E-state index is 0.254. The van der Waals surface area contributed by atoms with Crippen LogP contribution >= 0.6 is 11.3 Å². The number of aromatic nitrogens is 1. The first-order valence-electron chi connectivity index (χ1n) is 4.56. The van der Waals surface area contributed by atoms with Gasteiger partial charge in [-0.3, -0.25) is 15.6 Å². The van der Waals surface area contributed by atoms with Crippen LogP contribution in [0.3, 0.4) is 0 Å². The van der Waals surface area contributed by atoms with Gasteiger partial charge in [-0.1, -0.05) is 0 Å². The van der Waals surface area contributed by atoms with Crippen LogP contribution in [0, 0.1) is 0 Å². The Morgan fingerprint density at radius 3 is 2.94 bits per heavy atom. The molecule has 2 heterocycles. The maximum absolute atomic E-state index is 11.7. The van der Waals surface area contributed by atoms with Gasteiger partial charge >= 0.3 is 0 Å². The molecule has 0 fully saturated rings. The van der Waals surface area contributed by atoms with Crippen molar-refractivity contribution >= 4 is 28.6 Å². The molecular weight excluding hydrogens is 224 g/mol. The third-order valence-electron chi connectivity index (χ3n) is 1.94. The fourth-order valence-electron chi connectivity index (χ4n) is 1.18. The molecule has 6 heteroatoms. The summed E-state index contributed by atoms with van der Waals surface area (Å²) in [6.45, 7) is 0. The molecule has 0 saturated carbocycles. The van der Waals surface area contributed by atoms with Gasteiger partial charge in [-0.15, -0.1) is 0 Å². The number of nitrogens with two attached hydrogens (primary N) is 1. The lowest BCUT2D eigenvalue weighted by Crippen LogP contribution is -2.14. The Balaban J connectivity index is 2.14. The first-order valence-corrected chi connectivity index (χ1v) is 5.50. The van der Waals surface area contributed by atoms with Crippen molar-refractivity contribution in [2.75, 3.05) is 10.7 Å². The van der Waals surface area contributed by atoms with Crippen molar-refractivity contribution in [3.63, 3.8) is 0 Å². The molecule has 0 bridgehead atoms. The van der Waals surface area contributed by atoms with Gasteiger partial charge in [0, 0.05) is 11.6 Å². The van der Waals surface area contributed by atoms with E-state index in [4.69, 9.17) is 5.84 Å². The smallest absolute Gasteiger partial charge is 0.274 e. The van der Waals surface area contributed by atoms with Crippen LogP contribution in [0.2, 0.25) is 0 Å². The Morgan fingerprint density at radius 1 is 1.38 bits per heavy atom. The molecule has 1 amide bonds. The highest BCUT2D eigenvalue weighted by atomic mass is 32.1. The van der Waals surface area contributed by atoms with Gasteiger partial charge in [0.15, 0.2) is 0 Å². The monoisotopic (exact) mass is 234 g/mol. The molecule has 2 aromatic heterocycles. The van der Waals surface area contributed by atoms with E-state index in [0.29, 0.717) is 11.4 Å². The largest absolute Gasteiger partial charge is 0.324 e. The molecule has 0 radical (unpaired) electrons. The Morgan fingerprint density at radius 2 is 2.25 bits per heavy atom. The standard InChI is InChI=1S/C10H10N4OS/c11-14-7-1-3-12-9(5-7)10(15)13-8-2-4-16-6-8/h1-6H,11H2,(H,12,14)(H,13,15). The molecule has 5 nitrogen and oxygen atoms in total. The number of nitrogen functional groups attached to an aromatic ring is 1. The summed E-state index contributed by atoms with van der Waals surface area (Å²) in [7, 11) is 0. The number of amides is 1. The van der Waals surface area contributed by atoms with Crippen LogP contribution < -0.4 is 16.6 Å². The van der Waals surface area contributed by atoms with Crippen molar-refractivity contribution in [2.45, 2.75) is 0 Å². The fourth-order valence-corrected chi connectivity index (χ4v) is 1.76. The number of anilines is 2. The predicted molar refractivity (Wildman–Crippen MR) is 64.3 cm³/mol. The Labute approximate surface area is 96.3 Å². The van der Waals surface area contributed by atoms with Gasteiger partial charge in [-0.2, -0.15) is 11.3 Å². The predicted octanol–water partition coefficient (Wildman–Crippen LogP) is 1.68. The van der Waals surface area contributed by atoms with Crippen LogP contribution in [-0.2, 0) is 0 Å². The molecular formula is C10H10N4OS. The second-order valence-corrected chi connectivity index (χ2v) is 3.82. The fraction of sp³-hybridized carbons (Fsp3) is 0. The van der Waals surface area contributed by atoms with Crippen molar-refractivity contribution in [2.24, 2.45) is 5.84 Å². The average Bonchev–Trinajstić information content (AvgIpc) is 2.82. The summed E-state index contributed by atoms with van der Waals surface area (Å²) in [5.74, 6) is 4.99. The van der Waals surface area contributed by atoms with E-state index in [1.807, 2.05) is 16.8 Å². The summed E-state index contributed by atoms with van der Waals surface area (Å²) < 4.78 is 0. The normalized spacial score (nSPS) is 9.81. The number of hydrazine groups is 1. The molecule has 16 heavy (non-hydrogen) atoms.